The molecular formula is C13H25NO2. The van der Waals surface area contributed by atoms with Crippen molar-refractivity contribution in [2.75, 3.05) is 20.2 Å². The molecule has 0 N–H and O–H groups in total. The Morgan fingerprint density at radius 1 is 1.38 bits per heavy atom. The number of ether oxygens (including phenoxy) is 1. The summed E-state index contributed by atoms with van der Waals surface area (Å²) in [6, 6.07) is 0. The van der Waals surface area contributed by atoms with Crippen LogP contribution in [0.15, 0.2) is 0 Å². The second kappa shape index (κ2) is 5.17. The molecule has 3 heteroatoms. The van der Waals surface area contributed by atoms with Crippen LogP contribution >= 0.6 is 0 Å². The minimum Gasteiger partial charge on any atom is -0.468 e. The Balaban J connectivity index is 2.83. The van der Waals surface area contributed by atoms with Crippen molar-refractivity contribution < 1.29 is 9.53 Å². The normalized spacial score (nSPS) is 30.8. The molecule has 0 aromatic rings. The van der Waals surface area contributed by atoms with Gasteiger partial charge in [0.2, 0.25) is 0 Å². The van der Waals surface area contributed by atoms with Gasteiger partial charge < -0.3 is 4.74 Å². The number of carbonyl (C=O) groups excluding carboxylic acids is 1. The summed E-state index contributed by atoms with van der Waals surface area (Å²) in [6.07, 6.45) is 2.07. The van der Waals surface area contributed by atoms with E-state index in [0.717, 1.165) is 19.5 Å². The van der Waals surface area contributed by atoms with E-state index in [9.17, 15) is 4.79 Å². The maximum Gasteiger partial charge on any atom is 0.325 e. The molecular weight excluding hydrogens is 202 g/mol. The van der Waals surface area contributed by atoms with E-state index in [0.29, 0.717) is 11.8 Å². The fourth-order valence-electron chi connectivity index (χ4n) is 2.78. The molecule has 0 bridgehead atoms. The maximum atomic E-state index is 11.9. The van der Waals surface area contributed by atoms with Gasteiger partial charge in [0.15, 0.2) is 0 Å². The highest BCUT2D eigenvalue weighted by atomic mass is 16.5. The van der Waals surface area contributed by atoms with Crippen molar-refractivity contribution in [1.82, 2.24) is 4.90 Å². The third kappa shape index (κ3) is 2.57. The van der Waals surface area contributed by atoms with E-state index >= 15 is 0 Å². The van der Waals surface area contributed by atoms with Gasteiger partial charge in [0.25, 0.3) is 0 Å². The summed E-state index contributed by atoms with van der Waals surface area (Å²) in [5.41, 5.74) is -0.447. The molecule has 0 saturated carbocycles. The van der Waals surface area contributed by atoms with Crippen LogP contribution in [0.25, 0.3) is 0 Å². The first-order valence-corrected chi connectivity index (χ1v) is 6.27. The van der Waals surface area contributed by atoms with Gasteiger partial charge in [0.1, 0.15) is 5.54 Å². The van der Waals surface area contributed by atoms with E-state index in [4.69, 9.17) is 4.74 Å². The summed E-state index contributed by atoms with van der Waals surface area (Å²) >= 11 is 0. The number of piperidine rings is 1. The molecule has 0 aromatic heterocycles. The van der Waals surface area contributed by atoms with Gasteiger partial charge in [0.05, 0.1) is 7.11 Å². The van der Waals surface area contributed by atoms with Crippen LogP contribution in [0.2, 0.25) is 0 Å². The van der Waals surface area contributed by atoms with Crippen LogP contribution in [-0.2, 0) is 9.53 Å². The SMILES string of the molecule is CC[C@@](C)(C(=O)OC)N1C[C@H](C)C[C@H](C)C1. The fraction of sp³-hybridized carbons (Fsp3) is 0.923. The molecule has 3 atom stereocenters. The number of rotatable bonds is 3. The van der Waals surface area contributed by atoms with Crippen LogP contribution in [0.4, 0.5) is 0 Å². The molecule has 1 rings (SSSR count). The number of hydrogen-bond donors (Lipinski definition) is 0. The number of hydrogen-bond acceptors (Lipinski definition) is 3. The van der Waals surface area contributed by atoms with Crippen LogP contribution < -0.4 is 0 Å². The second-order valence-electron chi connectivity index (χ2n) is 5.47. The van der Waals surface area contributed by atoms with Crippen molar-refractivity contribution in [3.63, 3.8) is 0 Å². The van der Waals surface area contributed by atoms with E-state index < -0.39 is 5.54 Å². The monoisotopic (exact) mass is 227 g/mol. The molecule has 1 aliphatic heterocycles. The zero-order chi connectivity index (χ0) is 12.3. The molecule has 0 aliphatic carbocycles. The first-order valence-electron chi connectivity index (χ1n) is 6.27. The van der Waals surface area contributed by atoms with E-state index in [-0.39, 0.29) is 5.97 Å². The first-order chi connectivity index (χ1) is 7.43. The minimum absolute atomic E-state index is 0.101. The summed E-state index contributed by atoms with van der Waals surface area (Å²) in [5, 5.41) is 0. The zero-order valence-corrected chi connectivity index (χ0v) is 11.2. The zero-order valence-electron chi connectivity index (χ0n) is 11.2. The van der Waals surface area contributed by atoms with Crippen LogP contribution in [0.1, 0.15) is 40.5 Å². The van der Waals surface area contributed by atoms with E-state index in [1.807, 2.05) is 6.92 Å². The minimum atomic E-state index is -0.447. The summed E-state index contributed by atoms with van der Waals surface area (Å²) in [5.74, 6) is 1.23. The van der Waals surface area contributed by atoms with E-state index in [1.54, 1.807) is 0 Å². The molecule has 0 aromatic carbocycles. The second-order valence-corrected chi connectivity index (χ2v) is 5.47. The molecule has 3 nitrogen and oxygen atoms in total. The van der Waals surface area contributed by atoms with Gasteiger partial charge >= 0.3 is 5.97 Å². The molecule has 94 valence electrons. The number of likely N-dealkylation sites (tertiary alicyclic amines) is 1. The highest BCUT2D eigenvalue weighted by Gasteiger charge is 2.41. The Bertz CT molecular complexity index is 244. The first kappa shape index (κ1) is 13.5. The van der Waals surface area contributed by atoms with Gasteiger partial charge in [-0.3, -0.25) is 9.69 Å². The largest absolute Gasteiger partial charge is 0.468 e. The Hall–Kier alpha value is -0.570. The van der Waals surface area contributed by atoms with Crippen LogP contribution in [-0.4, -0.2) is 36.6 Å². The van der Waals surface area contributed by atoms with Crippen molar-refractivity contribution >= 4 is 5.97 Å². The van der Waals surface area contributed by atoms with Crippen LogP contribution in [0.3, 0.4) is 0 Å². The number of carbonyl (C=O) groups is 1. The Morgan fingerprint density at radius 3 is 2.25 bits per heavy atom. The lowest BCUT2D eigenvalue weighted by molar-refractivity contribution is -0.156. The highest BCUT2D eigenvalue weighted by Crippen LogP contribution is 2.29. The van der Waals surface area contributed by atoms with Crippen molar-refractivity contribution in [2.45, 2.75) is 46.1 Å². The van der Waals surface area contributed by atoms with Gasteiger partial charge in [-0.2, -0.15) is 0 Å². The van der Waals surface area contributed by atoms with E-state index in [2.05, 4.69) is 25.7 Å². The molecule has 1 fully saturated rings. The maximum absolute atomic E-state index is 11.9. The summed E-state index contributed by atoms with van der Waals surface area (Å²) in [4.78, 5) is 14.2. The summed E-state index contributed by atoms with van der Waals surface area (Å²) < 4.78 is 4.95. The molecule has 0 radical (unpaired) electrons. The predicted octanol–water partition coefficient (Wildman–Crippen LogP) is 2.31. The van der Waals surface area contributed by atoms with E-state index in [1.165, 1.54) is 13.5 Å². The quantitative estimate of drug-likeness (QED) is 0.693. The van der Waals surface area contributed by atoms with Crippen LogP contribution in [0, 0.1) is 11.8 Å². The summed E-state index contributed by atoms with van der Waals surface area (Å²) in [6.45, 7) is 10.6. The van der Waals surface area contributed by atoms with Crippen molar-refractivity contribution in [2.24, 2.45) is 11.8 Å². The van der Waals surface area contributed by atoms with Gasteiger partial charge in [0, 0.05) is 13.1 Å². The van der Waals surface area contributed by atoms with Crippen molar-refractivity contribution in [1.29, 1.82) is 0 Å². The molecule has 1 aliphatic rings. The standard InChI is InChI=1S/C13H25NO2/c1-6-13(4,12(15)16-5)14-8-10(2)7-11(3)9-14/h10-11H,6-9H2,1-5H3/t10-,11+,13-/m0/s1. The summed E-state index contributed by atoms with van der Waals surface area (Å²) in [7, 11) is 1.48. The number of nitrogens with zero attached hydrogens (tertiary/aromatic N) is 1. The number of methoxy groups -OCH3 is 1. The molecule has 0 spiro atoms. The van der Waals surface area contributed by atoms with Gasteiger partial charge in [-0.25, -0.2) is 0 Å². The van der Waals surface area contributed by atoms with Crippen LogP contribution in [0.5, 0.6) is 0 Å². The molecule has 0 amide bonds. The average Bonchev–Trinajstić information content (AvgIpc) is 2.25. The fourth-order valence-corrected chi connectivity index (χ4v) is 2.78. The smallest absolute Gasteiger partial charge is 0.325 e. The average molecular weight is 227 g/mol. The lowest BCUT2D eigenvalue weighted by atomic mass is 9.86. The van der Waals surface area contributed by atoms with Gasteiger partial charge in [-0.05, 0) is 31.6 Å². The lowest BCUT2D eigenvalue weighted by Gasteiger charge is -2.44. The highest BCUT2D eigenvalue weighted by molar-refractivity contribution is 5.80. The Morgan fingerprint density at radius 2 is 1.88 bits per heavy atom. The Kier molecular flexibility index (Phi) is 4.36. The van der Waals surface area contributed by atoms with Gasteiger partial charge in [-0.1, -0.05) is 20.8 Å². The third-order valence-electron chi connectivity index (χ3n) is 3.88. The molecule has 0 unspecified atom stereocenters. The molecule has 1 saturated heterocycles. The van der Waals surface area contributed by atoms with Crippen molar-refractivity contribution in [3.05, 3.63) is 0 Å². The predicted molar refractivity (Wildman–Crippen MR) is 65.2 cm³/mol. The number of esters is 1. The topological polar surface area (TPSA) is 29.5 Å². The van der Waals surface area contributed by atoms with Crippen molar-refractivity contribution in [3.8, 4) is 0 Å². The van der Waals surface area contributed by atoms with Gasteiger partial charge in [-0.15, -0.1) is 0 Å². The Labute approximate surface area is 99.1 Å². The molecule has 16 heavy (non-hydrogen) atoms. The molecule has 1 heterocycles. The lowest BCUT2D eigenvalue weighted by Crippen LogP contribution is -2.57. The third-order valence-corrected chi connectivity index (χ3v) is 3.88.